The van der Waals surface area contributed by atoms with Crippen LogP contribution in [0, 0.1) is 5.92 Å². The van der Waals surface area contributed by atoms with Gasteiger partial charge < -0.3 is 20.1 Å². The van der Waals surface area contributed by atoms with E-state index in [0.29, 0.717) is 12.0 Å². The molecule has 6 heteroatoms. The van der Waals surface area contributed by atoms with Crippen molar-refractivity contribution >= 4 is 22.7 Å². The maximum atomic E-state index is 13.1. The van der Waals surface area contributed by atoms with Crippen molar-refractivity contribution in [3.05, 3.63) is 71.4 Å². The molecular weight excluding hydrogens is 388 g/mol. The first-order valence-corrected chi connectivity index (χ1v) is 10.9. The van der Waals surface area contributed by atoms with E-state index in [9.17, 15) is 9.59 Å². The van der Waals surface area contributed by atoms with Crippen molar-refractivity contribution in [1.82, 2.24) is 20.1 Å². The molecule has 31 heavy (non-hydrogen) atoms. The number of carbonyl (C=O) groups excluding carboxylic acids is 2. The number of fused-ring (bicyclic) bond motifs is 2. The van der Waals surface area contributed by atoms with Gasteiger partial charge in [0.2, 0.25) is 5.91 Å². The number of aryl methyl sites for hydroxylation is 1. The molecule has 2 aromatic carbocycles. The minimum Gasteiger partial charge on any atom is -0.351 e. The molecule has 5 rings (SSSR count). The second-order valence-corrected chi connectivity index (χ2v) is 8.92. The summed E-state index contributed by atoms with van der Waals surface area (Å²) in [4.78, 5) is 28.2. The summed E-state index contributed by atoms with van der Waals surface area (Å²) in [6.45, 7) is 1.73. The molecule has 2 aliphatic rings. The van der Waals surface area contributed by atoms with Crippen molar-refractivity contribution in [1.29, 1.82) is 0 Å². The number of amides is 2. The molecule has 2 N–H and O–H groups in total. The second-order valence-electron chi connectivity index (χ2n) is 8.92. The van der Waals surface area contributed by atoms with Crippen LogP contribution in [-0.4, -0.2) is 47.5 Å². The number of likely N-dealkylation sites (tertiary alicyclic amines) is 1. The summed E-state index contributed by atoms with van der Waals surface area (Å²) in [7, 11) is 4.04. The van der Waals surface area contributed by atoms with Gasteiger partial charge in [-0.15, -0.1) is 0 Å². The van der Waals surface area contributed by atoms with Crippen LogP contribution in [0.3, 0.4) is 0 Å². The van der Waals surface area contributed by atoms with E-state index in [1.807, 2.05) is 61.3 Å². The van der Waals surface area contributed by atoms with Crippen LogP contribution in [0.4, 0.5) is 0 Å². The summed E-state index contributed by atoms with van der Waals surface area (Å²) >= 11 is 0. The topological polar surface area (TPSA) is 66.4 Å². The minimum absolute atomic E-state index is 0.00889. The fourth-order valence-corrected chi connectivity index (χ4v) is 5.00. The first kappa shape index (κ1) is 19.8. The van der Waals surface area contributed by atoms with Crippen molar-refractivity contribution in [3.8, 4) is 0 Å². The highest BCUT2D eigenvalue weighted by Gasteiger charge is 2.36. The van der Waals surface area contributed by atoms with E-state index in [-0.39, 0.29) is 29.8 Å². The molecule has 3 aromatic rings. The van der Waals surface area contributed by atoms with Gasteiger partial charge in [0.15, 0.2) is 0 Å². The van der Waals surface area contributed by atoms with E-state index < -0.39 is 0 Å². The molecule has 1 aliphatic carbocycles. The fraction of sp³-hybridized carbons (Fsp3) is 0.360. The maximum absolute atomic E-state index is 13.1. The number of aromatic nitrogens is 1. The highest BCUT2D eigenvalue weighted by atomic mass is 16.2. The van der Waals surface area contributed by atoms with Gasteiger partial charge in [0.25, 0.3) is 5.91 Å². The molecule has 1 fully saturated rings. The Balaban J connectivity index is 1.36. The van der Waals surface area contributed by atoms with Gasteiger partial charge in [-0.3, -0.25) is 9.59 Å². The Morgan fingerprint density at radius 1 is 1.03 bits per heavy atom. The van der Waals surface area contributed by atoms with Crippen LogP contribution in [0.25, 0.3) is 10.9 Å². The van der Waals surface area contributed by atoms with Gasteiger partial charge in [-0.05, 0) is 61.8 Å². The highest BCUT2D eigenvalue weighted by Crippen LogP contribution is 2.32. The number of benzene rings is 2. The second kappa shape index (κ2) is 7.85. The molecule has 6 nitrogen and oxygen atoms in total. The van der Waals surface area contributed by atoms with Gasteiger partial charge >= 0.3 is 0 Å². The quantitative estimate of drug-likeness (QED) is 0.687. The monoisotopic (exact) mass is 416 g/mol. The third kappa shape index (κ3) is 3.72. The summed E-state index contributed by atoms with van der Waals surface area (Å²) in [6, 6.07) is 15.5. The number of rotatable bonds is 4. The Kier molecular flexibility index (Phi) is 5.02. The molecule has 2 heterocycles. The third-order valence-corrected chi connectivity index (χ3v) is 6.76. The van der Waals surface area contributed by atoms with Crippen LogP contribution in [0.1, 0.15) is 33.9 Å². The Morgan fingerprint density at radius 3 is 2.68 bits per heavy atom. The van der Waals surface area contributed by atoms with E-state index in [2.05, 4.69) is 27.7 Å². The van der Waals surface area contributed by atoms with Gasteiger partial charge in [0.1, 0.15) is 0 Å². The van der Waals surface area contributed by atoms with Crippen LogP contribution in [0.2, 0.25) is 0 Å². The van der Waals surface area contributed by atoms with Crippen LogP contribution in [-0.2, 0) is 18.3 Å². The van der Waals surface area contributed by atoms with Crippen molar-refractivity contribution in [2.45, 2.75) is 24.9 Å². The molecule has 2 amide bonds. The molecule has 0 spiro atoms. The zero-order chi connectivity index (χ0) is 21.5. The van der Waals surface area contributed by atoms with Gasteiger partial charge in [0, 0.05) is 36.3 Å². The highest BCUT2D eigenvalue weighted by molar-refractivity contribution is 5.98. The smallest absolute Gasteiger partial charge is 0.251 e. The molecule has 0 bridgehead atoms. The van der Waals surface area contributed by atoms with Gasteiger partial charge in [-0.1, -0.05) is 24.3 Å². The van der Waals surface area contributed by atoms with Crippen LogP contribution < -0.4 is 10.6 Å². The maximum Gasteiger partial charge on any atom is 0.251 e. The molecule has 160 valence electrons. The Bertz CT molecular complexity index is 1150. The number of nitrogens with one attached hydrogen (secondary N) is 2. The largest absolute Gasteiger partial charge is 0.351 e. The molecule has 0 unspecified atom stereocenters. The molecule has 0 saturated carbocycles. The van der Waals surface area contributed by atoms with Crippen molar-refractivity contribution in [3.63, 3.8) is 0 Å². The average molecular weight is 417 g/mol. The Labute approximate surface area is 182 Å². The zero-order valence-electron chi connectivity index (χ0n) is 18.0. The van der Waals surface area contributed by atoms with Gasteiger partial charge in [0.05, 0.1) is 18.0 Å². The van der Waals surface area contributed by atoms with E-state index in [0.717, 1.165) is 36.0 Å². The lowest BCUT2D eigenvalue weighted by atomic mass is 10.0. The average Bonchev–Trinajstić information content (AvgIpc) is 3.46. The summed E-state index contributed by atoms with van der Waals surface area (Å²) in [5.74, 6) is -0.0194. The lowest BCUT2D eigenvalue weighted by molar-refractivity contribution is -0.125. The van der Waals surface area contributed by atoms with Gasteiger partial charge in [-0.25, -0.2) is 0 Å². The number of nitrogens with zero attached hydrogens (tertiary/aromatic N) is 2. The lowest BCUT2D eigenvalue weighted by Gasteiger charge is -2.24. The SMILES string of the molecule is CN1CC[C@@H](C(=O)N[C@H]2c3ccccc3C[C@@H]2NC(=O)c2ccc3c(ccn3C)c2)C1. The lowest BCUT2D eigenvalue weighted by Crippen LogP contribution is -2.46. The fourth-order valence-electron chi connectivity index (χ4n) is 5.00. The standard InChI is InChI=1S/C25H28N4O2/c1-28-11-9-19(15-28)25(31)27-23-20-6-4-3-5-16(20)14-21(23)26-24(30)18-7-8-22-17(13-18)10-12-29(22)2/h3-8,10,12-13,19,21,23H,9,11,14-15H2,1-2H3,(H,26,30)(H,27,31)/t19-,21+,23+/m1/s1. The molecule has 1 aliphatic heterocycles. The first-order chi connectivity index (χ1) is 15.0. The number of hydrogen-bond acceptors (Lipinski definition) is 3. The summed E-state index contributed by atoms with van der Waals surface area (Å²) in [5.41, 5.74) is 4.01. The molecular formula is C25H28N4O2. The first-order valence-electron chi connectivity index (χ1n) is 10.9. The van der Waals surface area contributed by atoms with Crippen LogP contribution >= 0.6 is 0 Å². The van der Waals surface area contributed by atoms with Crippen molar-refractivity contribution in [2.24, 2.45) is 13.0 Å². The summed E-state index contributed by atoms with van der Waals surface area (Å²) in [5, 5.41) is 7.49. The summed E-state index contributed by atoms with van der Waals surface area (Å²) < 4.78 is 2.04. The van der Waals surface area contributed by atoms with E-state index >= 15 is 0 Å². The van der Waals surface area contributed by atoms with Crippen molar-refractivity contribution < 1.29 is 9.59 Å². The minimum atomic E-state index is -0.209. The predicted octanol–water partition coefficient (Wildman–Crippen LogP) is 2.64. The number of carbonyl (C=O) groups is 2. The molecule has 3 atom stereocenters. The zero-order valence-corrected chi connectivity index (χ0v) is 18.0. The Morgan fingerprint density at radius 2 is 1.87 bits per heavy atom. The van der Waals surface area contributed by atoms with E-state index in [4.69, 9.17) is 0 Å². The van der Waals surface area contributed by atoms with E-state index in [1.54, 1.807) is 0 Å². The molecule has 1 aromatic heterocycles. The van der Waals surface area contributed by atoms with E-state index in [1.165, 1.54) is 5.56 Å². The molecule has 1 saturated heterocycles. The van der Waals surface area contributed by atoms with Crippen LogP contribution in [0.15, 0.2) is 54.7 Å². The number of hydrogen-bond donors (Lipinski definition) is 2. The molecule has 0 radical (unpaired) electrons. The third-order valence-electron chi connectivity index (χ3n) is 6.76. The van der Waals surface area contributed by atoms with Crippen LogP contribution in [0.5, 0.6) is 0 Å². The summed E-state index contributed by atoms with van der Waals surface area (Å²) in [6.07, 6.45) is 3.59. The predicted molar refractivity (Wildman–Crippen MR) is 121 cm³/mol. The van der Waals surface area contributed by atoms with Gasteiger partial charge in [-0.2, -0.15) is 0 Å². The Hall–Kier alpha value is -3.12. The van der Waals surface area contributed by atoms with Crippen molar-refractivity contribution in [2.75, 3.05) is 20.1 Å². The normalized spacial score (nSPS) is 23.1.